The van der Waals surface area contributed by atoms with Gasteiger partial charge in [-0.15, -0.1) is 0 Å². The van der Waals surface area contributed by atoms with Gasteiger partial charge in [0.2, 0.25) is 0 Å². The van der Waals surface area contributed by atoms with E-state index in [0.29, 0.717) is 13.0 Å². The predicted molar refractivity (Wildman–Crippen MR) is 123 cm³/mol. The van der Waals surface area contributed by atoms with Crippen LogP contribution < -0.4 is 10.1 Å². The van der Waals surface area contributed by atoms with Gasteiger partial charge >= 0.3 is 0 Å². The number of nitriles is 1. The van der Waals surface area contributed by atoms with E-state index in [-0.39, 0.29) is 17.6 Å². The zero-order chi connectivity index (χ0) is 21.5. The Kier molecular flexibility index (Phi) is 7.31. The Morgan fingerprint density at radius 2 is 2.13 bits per heavy atom. The quantitative estimate of drug-likeness (QED) is 0.346. The van der Waals surface area contributed by atoms with Gasteiger partial charge in [-0.1, -0.05) is 31.2 Å². The number of carbonyl (C=O) groups is 1. The minimum Gasteiger partial charge on any atom is -0.490 e. The average molecular weight is 466 g/mol. The normalized spacial score (nSPS) is 12.4. The van der Waals surface area contributed by atoms with E-state index in [0.717, 1.165) is 38.7 Å². The van der Waals surface area contributed by atoms with Crippen molar-refractivity contribution in [3.63, 3.8) is 0 Å². The molecule has 1 aromatic heterocycles. The molecule has 0 fully saturated rings. The van der Waals surface area contributed by atoms with Crippen LogP contribution in [0.5, 0.6) is 5.75 Å². The summed E-state index contributed by atoms with van der Waals surface area (Å²) in [5, 5.41) is 13.4. The Morgan fingerprint density at radius 3 is 2.87 bits per heavy atom. The lowest BCUT2D eigenvalue weighted by Crippen LogP contribution is -2.26. The molecule has 5 nitrogen and oxygen atoms in total. The molecule has 0 unspecified atom stereocenters. The van der Waals surface area contributed by atoms with Crippen molar-refractivity contribution in [1.29, 1.82) is 5.26 Å². The highest BCUT2D eigenvalue weighted by molar-refractivity contribution is 9.10. The van der Waals surface area contributed by atoms with Crippen molar-refractivity contribution in [1.82, 2.24) is 10.3 Å². The number of nitrogens with zero attached hydrogens (tertiary/aromatic N) is 1. The number of hydrogen-bond donors (Lipinski definition) is 2. The lowest BCUT2D eigenvalue weighted by Gasteiger charge is -2.14. The molecular weight excluding hydrogens is 442 g/mol. The number of H-pyrrole nitrogens is 1. The fourth-order valence-electron chi connectivity index (χ4n) is 3.06. The number of amides is 1. The Hall–Kier alpha value is -3.04. The number of nitrogens with one attached hydrogen (secondary N) is 2. The number of hydrogen-bond acceptors (Lipinski definition) is 3. The van der Waals surface area contributed by atoms with Crippen LogP contribution in [-0.2, 0) is 11.2 Å². The molecule has 6 heteroatoms. The Bertz CT molecular complexity index is 1110. The number of aromatic nitrogens is 1. The zero-order valence-electron chi connectivity index (χ0n) is 17.0. The largest absolute Gasteiger partial charge is 0.490 e. The Balaban J connectivity index is 1.63. The van der Waals surface area contributed by atoms with Crippen LogP contribution in [0.1, 0.15) is 31.4 Å². The van der Waals surface area contributed by atoms with Crippen molar-refractivity contribution < 1.29 is 9.53 Å². The molecule has 2 aromatic carbocycles. The topological polar surface area (TPSA) is 77.9 Å². The molecule has 1 atom stereocenters. The first-order chi connectivity index (χ1) is 14.5. The summed E-state index contributed by atoms with van der Waals surface area (Å²) in [6.07, 6.45) is 5.24. The maximum Gasteiger partial charge on any atom is 0.261 e. The van der Waals surface area contributed by atoms with Crippen LogP contribution in [0.15, 0.2) is 58.7 Å². The molecule has 0 saturated heterocycles. The predicted octanol–water partition coefficient (Wildman–Crippen LogP) is 5.37. The second-order valence-electron chi connectivity index (χ2n) is 7.06. The number of aromatic amines is 1. The molecule has 0 saturated carbocycles. The van der Waals surface area contributed by atoms with Crippen LogP contribution in [0.3, 0.4) is 0 Å². The minimum atomic E-state index is -0.381. The van der Waals surface area contributed by atoms with Crippen molar-refractivity contribution in [2.45, 2.75) is 32.8 Å². The summed E-state index contributed by atoms with van der Waals surface area (Å²) in [7, 11) is 0. The summed E-state index contributed by atoms with van der Waals surface area (Å²) in [6, 6.07) is 15.6. The lowest BCUT2D eigenvalue weighted by molar-refractivity contribution is -0.117. The lowest BCUT2D eigenvalue weighted by atomic mass is 10.1. The summed E-state index contributed by atoms with van der Waals surface area (Å²) in [5.41, 5.74) is 3.02. The van der Waals surface area contributed by atoms with Gasteiger partial charge in [-0.3, -0.25) is 4.79 Å². The number of benzene rings is 2. The van der Waals surface area contributed by atoms with Gasteiger partial charge in [0.15, 0.2) is 0 Å². The molecule has 3 rings (SSSR count). The SMILES string of the molecule is CC[C@H](C)Oc1ccc(/C=C(/C#N)C(=O)NCCc2c[nH]c3ccccc23)cc1Br. The van der Waals surface area contributed by atoms with E-state index in [1.807, 2.05) is 55.6 Å². The average Bonchev–Trinajstić information content (AvgIpc) is 3.16. The molecule has 0 radical (unpaired) electrons. The first-order valence-corrected chi connectivity index (χ1v) is 10.7. The summed E-state index contributed by atoms with van der Waals surface area (Å²) in [4.78, 5) is 15.7. The monoisotopic (exact) mass is 465 g/mol. The molecule has 0 aliphatic carbocycles. The van der Waals surface area contributed by atoms with E-state index in [1.165, 1.54) is 0 Å². The van der Waals surface area contributed by atoms with Gasteiger partial charge < -0.3 is 15.0 Å². The fourth-order valence-corrected chi connectivity index (χ4v) is 3.55. The summed E-state index contributed by atoms with van der Waals surface area (Å²) in [5.74, 6) is 0.358. The maximum absolute atomic E-state index is 12.5. The van der Waals surface area contributed by atoms with Crippen molar-refractivity contribution in [3.8, 4) is 11.8 Å². The number of ether oxygens (including phenoxy) is 1. The van der Waals surface area contributed by atoms with E-state index in [9.17, 15) is 10.1 Å². The fraction of sp³-hybridized carbons (Fsp3) is 0.250. The molecule has 154 valence electrons. The van der Waals surface area contributed by atoms with Crippen LogP contribution >= 0.6 is 15.9 Å². The molecular formula is C24H24BrN3O2. The maximum atomic E-state index is 12.5. The molecule has 0 aliphatic heterocycles. The summed E-state index contributed by atoms with van der Waals surface area (Å²) < 4.78 is 6.62. The van der Waals surface area contributed by atoms with Gasteiger partial charge in [0.25, 0.3) is 5.91 Å². The third-order valence-corrected chi connectivity index (χ3v) is 5.51. The van der Waals surface area contributed by atoms with Crippen molar-refractivity contribution in [2.75, 3.05) is 6.54 Å². The van der Waals surface area contributed by atoms with E-state index in [1.54, 1.807) is 6.08 Å². The highest BCUT2D eigenvalue weighted by Crippen LogP contribution is 2.28. The first kappa shape index (κ1) is 21.7. The van der Waals surface area contributed by atoms with Crippen LogP contribution in [0.2, 0.25) is 0 Å². The molecule has 3 aromatic rings. The van der Waals surface area contributed by atoms with Crippen molar-refractivity contribution in [2.24, 2.45) is 0 Å². The van der Waals surface area contributed by atoms with E-state index in [4.69, 9.17) is 4.74 Å². The van der Waals surface area contributed by atoms with Crippen LogP contribution in [0, 0.1) is 11.3 Å². The highest BCUT2D eigenvalue weighted by atomic mass is 79.9. The van der Waals surface area contributed by atoms with Crippen LogP contribution in [-0.4, -0.2) is 23.5 Å². The Morgan fingerprint density at radius 1 is 1.33 bits per heavy atom. The first-order valence-electron chi connectivity index (χ1n) is 9.93. The van der Waals surface area contributed by atoms with Gasteiger partial charge in [-0.05, 0) is 71.1 Å². The van der Waals surface area contributed by atoms with Gasteiger partial charge in [0.1, 0.15) is 17.4 Å². The zero-order valence-corrected chi connectivity index (χ0v) is 18.6. The third-order valence-electron chi connectivity index (χ3n) is 4.89. The van der Waals surface area contributed by atoms with E-state index in [2.05, 4.69) is 39.2 Å². The molecule has 30 heavy (non-hydrogen) atoms. The van der Waals surface area contributed by atoms with Crippen molar-refractivity contribution in [3.05, 3.63) is 69.8 Å². The number of halogens is 1. The number of carbonyl (C=O) groups excluding carboxylic acids is 1. The highest BCUT2D eigenvalue weighted by Gasteiger charge is 2.11. The molecule has 2 N–H and O–H groups in total. The minimum absolute atomic E-state index is 0.0661. The second-order valence-corrected chi connectivity index (χ2v) is 7.92. The van der Waals surface area contributed by atoms with Crippen LogP contribution in [0.25, 0.3) is 17.0 Å². The molecule has 0 spiro atoms. The van der Waals surface area contributed by atoms with Gasteiger partial charge in [0, 0.05) is 23.6 Å². The summed E-state index contributed by atoms with van der Waals surface area (Å²) in [6.45, 7) is 4.52. The van der Waals surface area contributed by atoms with E-state index >= 15 is 0 Å². The van der Waals surface area contributed by atoms with Gasteiger partial charge in [-0.2, -0.15) is 5.26 Å². The molecule has 1 heterocycles. The van der Waals surface area contributed by atoms with Crippen molar-refractivity contribution >= 4 is 38.8 Å². The second kappa shape index (κ2) is 10.1. The van der Waals surface area contributed by atoms with Gasteiger partial charge in [0.05, 0.1) is 10.6 Å². The summed E-state index contributed by atoms with van der Waals surface area (Å²) >= 11 is 3.50. The standard InChI is InChI=1S/C24H24BrN3O2/c1-3-16(2)30-23-9-8-17(13-21(23)25)12-19(14-26)24(29)27-11-10-18-15-28-22-7-5-4-6-20(18)22/h4-9,12-13,15-16,28H,3,10-11H2,1-2H3,(H,27,29)/b19-12-/t16-/m0/s1. The number of rotatable bonds is 8. The molecule has 1 amide bonds. The van der Waals surface area contributed by atoms with E-state index < -0.39 is 0 Å². The van der Waals surface area contributed by atoms with Gasteiger partial charge in [-0.25, -0.2) is 0 Å². The molecule has 0 bridgehead atoms. The Labute approximate surface area is 184 Å². The third kappa shape index (κ3) is 5.31. The van der Waals surface area contributed by atoms with Crippen LogP contribution in [0.4, 0.5) is 0 Å². The molecule has 0 aliphatic rings. The number of fused-ring (bicyclic) bond motifs is 1. The smallest absolute Gasteiger partial charge is 0.261 e. The number of para-hydroxylation sites is 1.